The Morgan fingerprint density at radius 3 is 2.94 bits per heavy atom. The second-order valence-electron chi connectivity index (χ2n) is 8.31. The molecule has 5 rings (SSSR count). The van der Waals surface area contributed by atoms with E-state index >= 15 is 0 Å². The average molecular weight is 444 g/mol. The Morgan fingerprint density at radius 2 is 2.09 bits per heavy atom. The zero-order valence-corrected chi connectivity index (χ0v) is 18.5. The molecule has 0 saturated carbocycles. The van der Waals surface area contributed by atoms with Gasteiger partial charge in [0, 0.05) is 25.2 Å². The molecule has 0 saturated heterocycles. The van der Waals surface area contributed by atoms with Gasteiger partial charge in [-0.15, -0.1) is 0 Å². The number of anilines is 2. The lowest BCUT2D eigenvalue weighted by Crippen LogP contribution is -2.35. The average Bonchev–Trinajstić information content (AvgIpc) is 3.38. The minimum absolute atomic E-state index is 0.258. The molecule has 3 aromatic rings. The van der Waals surface area contributed by atoms with Crippen molar-refractivity contribution in [3.63, 3.8) is 0 Å². The van der Waals surface area contributed by atoms with Crippen LogP contribution >= 0.6 is 0 Å². The summed E-state index contributed by atoms with van der Waals surface area (Å²) in [6.07, 6.45) is 4.78. The SMILES string of the molecule is CC(=O)n1ncc2c1OCCC[C@@H](C)CN1/C(=N/C(=O)c3ccnc-2c3)Nc2ccccc21. The number of hydrogen-bond donors (Lipinski definition) is 1. The van der Waals surface area contributed by atoms with Crippen molar-refractivity contribution in [2.45, 2.75) is 26.7 Å². The number of ether oxygens (including phenoxy) is 1. The van der Waals surface area contributed by atoms with Gasteiger partial charge in [-0.1, -0.05) is 19.1 Å². The number of para-hydroxylation sites is 2. The van der Waals surface area contributed by atoms with Crippen LogP contribution in [0, 0.1) is 5.92 Å². The molecule has 9 nitrogen and oxygen atoms in total. The summed E-state index contributed by atoms with van der Waals surface area (Å²) in [5, 5.41) is 7.45. The van der Waals surface area contributed by atoms with Gasteiger partial charge in [-0.2, -0.15) is 14.8 Å². The highest BCUT2D eigenvalue weighted by Crippen LogP contribution is 2.34. The molecule has 0 aliphatic carbocycles. The number of amides is 1. The molecule has 0 unspecified atom stereocenters. The predicted octanol–water partition coefficient (Wildman–Crippen LogP) is 3.84. The van der Waals surface area contributed by atoms with E-state index in [1.54, 1.807) is 18.3 Å². The monoisotopic (exact) mass is 444 g/mol. The second-order valence-corrected chi connectivity index (χ2v) is 8.31. The summed E-state index contributed by atoms with van der Waals surface area (Å²) in [6, 6.07) is 11.2. The third-order valence-corrected chi connectivity index (χ3v) is 5.78. The highest BCUT2D eigenvalue weighted by Gasteiger charge is 2.28. The lowest BCUT2D eigenvalue weighted by atomic mass is 10.1. The fourth-order valence-electron chi connectivity index (χ4n) is 4.14. The van der Waals surface area contributed by atoms with Crippen molar-refractivity contribution < 1.29 is 14.3 Å². The maximum atomic E-state index is 13.1. The zero-order chi connectivity index (χ0) is 22.9. The van der Waals surface area contributed by atoms with Gasteiger partial charge in [0.2, 0.25) is 17.7 Å². The molecule has 168 valence electrons. The Hall–Kier alpha value is -4.01. The summed E-state index contributed by atoms with van der Waals surface area (Å²) in [5.74, 6) is 0.522. The van der Waals surface area contributed by atoms with E-state index in [0.29, 0.717) is 47.7 Å². The summed E-state index contributed by atoms with van der Waals surface area (Å²) in [6.45, 7) is 4.73. The number of fused-ring (bicyclic) bond motifs is 7. The molecule has 1 amide bonds. The summed E-state index contributed by atoms with van der Waals surface area (Å²) >= 11 is 0. The lowest BCUT2D eigenvalue weighted by Gasteiger charge is -2.23. The van der Waals surface area contributed by atoms with E-state index in [-0.39, 0.29) is 11.8 Å². The fraction of sp³-hybridized carbons (Fsp3) is 0.292. The number of aromatic nitrogens is 3. The molecule has 0 fully saturated rings. The molecule has 33 heavy (non-hydrogen) atoms. The zero-order valence-electron chi connectivity index (χ0n) is 18.5. The molecule has 2 bridgehead atoms. The Kier molecular flexibility index (Phi) is 5.37. The van der Waals surface area contributed by atoms with Crippen molar-refractivity contribution in [3.05, 3.63) is 54.4 Å². The maximum absolute atomic E-state index is 13.1. The van der Waals surface area contributed by atoms with Crippen molar-refractivity contribution in [2.24, 2.45) is 10.9 Å². The summed E-state index contributed by atoms with van der Waals surface area (Å²) in [5.41, 5.74) is 3.36. The van der Waals surface area contributed by atoms with Crippen molar-refractivity contribution >= 4 is 29.1 Å². The van der Waals surface area contributed by atoms with Gasteiger partial charge in [-0.25, -0.2) is 0 Å². The van der Waals surface area contributed by atoms with Gasteiger partial charge in [0.1, 0.15) is 0 Å². The van der Waals surface area contributed by atoms with Crippen LogP contribution in [-0.4, -0.2) is 45.7 Å². The van der Waals surface area contributed by atoms with Gasteiger partial charge >= 0.3 is 0 Å². The first-order chi connectivity index (χ1) is 16.0. The highest BCUT2D eigenvalue weighted by molar-refractivity contribution is 6.19. The Labute approximate surface area is 191 Å². The summed E-state index contributed by atoms with van der Waals surface area (Å²) < 4.78 is 7.24. The van der Waals surface area contributed by atoms with Crippen LogP contribution in [0.15, 0.2) is 53.8 Å². The standard InChI is InChI=1S/C24H24N6O3/c1-15-6-5-11-33-23-18(13-26-30(23)16(2)31)20-12-17(9-10-25-20)22(32)28-24-27-19-7-3-4-8-21(19)29(24)14-15/h3-4,7-10,12-13,15H,5-6,11,14H2,1-2H3,(H,27,28,32)/t15-/m1/s1. The first kappa shape index (κ1) is 20.9. The third kappa shape index (κ3) is 3.97. The van der Waals surface area contributed by atoms with Gasteiger partial charge in [0.25, 0.3) is 5.91 Å². The third-order valence-electron chi connectivity index (χ3n) is 5.78. The molecule has 0 radical (unpaired) electrons. The van der Waals surface area contributed by atoms with Crippen LogP contribution in [0.3, 0.4) is 0 Å². The van der Waals surface area contributed by atoms with Crippen LogP contribution < -0.4 is 15.0 Å². The number of benzene rings is 1. The van der Waals surface area contributed by atoms with Gasteiger partial charge in [0.05, 0.1) is 35.4 Å². The van der Waals surface area contributed by atoms with E-state index < -0.39 is 0 Å². The number of carbonyl (C=O) groups excluding carboxylic acids is 2. The molecular weight excluding hydrogens is 420 g/mol. The number of carbonyl (C=O) groups is 2. The van der Waals surface area contributed by atoms with Crippen molar-refractivity contribution in [1.82, 2.24) is 14.8 Å². The minimum Gasteiger partial charge on any atom is -0.477 e. The maximum Gasteiger partial charge on any atom is 0.280 e. The molecule has 2 aliphatic rings. The van der Waals surface area contributed by atoms with E-state index in [9.17, 15) is 9.59 Å². The first-order valence-corrected chi connectivity index (χ1v) is 11.0. The second kappa shape index (κ2) is 8.50. The van der Waals surface area contributed by atoms with Crippen LogP contribution in [0.25, 0.3) is 11.3 Å². The first-order valence-electron chi connectivity index (χ1n) is 11.0. The molecule has 1 aromatic carbocycles. The summed E-state index contributed by atoms with van der Waals surface area (Å²) in [4.78, 5) is 36.0. The minimum atomic E-state index is -0.386. The molecule has 4 heterocycles. The van der Waals surface area contributed by atoms with E-state index in [4.69, 9.17) is 4.74 Å². The summed E-state index contributed by atoms with van der Waals surface area (Å²) in [7, 11) is 0. The van der Waals surface area contributed by atoms with Crippen LogP contribution in [0.2, 0.25) is 0 Å². The molecule has 2 aliphatic heterocycles. The van der Waals surface area contributed by atoms with Crippen molar-refractivity contribution in [1.29, 1.82) is 0 Å². The number of hydrogen-bond acceptors (Lipinski definition) is 7. The molecule has 9 heteroatoms. The molecule has 0 spiro atoms. The number of pyridine rings is 1. The Balaban J connectivity index is 1.58. The Bertz CT molecular complexity index is 1260. The van der Waals surface area contributed by atoms with Crippen LogP contribution in [0.5, 0.6) is 5.88 Å². The quantitative estimate of drug-likeness (QED) is 0.562. The predicted molar refractivity (Wildman–Crippen MR) is 125 cm³/mol. The smallest absolute Gasteiger partial charge is 0.280 e. The highest BCUT2D eigenvalue weighted by atomic mass is 16.5. The van der Waals surface area contributed by atoms with Gasteiger partial charge in [-0.05, 0) is 43.0 Å². The van der Waals surface area contributed by atoms with E-state index in [1.165, 1.54) is 17.8 Å². The van der Waals surface area contributed by atoms with Gasteiger partial charge in [0.15, 0.2) is 0 Å². The normalized spacial score (nSPS) is 19.6. The number of nitrogens with zero attached hydrogens (tertiary/aromatic N) is 5. The van der Waals surface area contributed by atoms with E-state index in [0.717, 1.165) is 24.2 Å². The lowest BCUT2D eigenvalue weighted by molar-refractivity contribution is 0.0904. The van der Waals surface area contributed by atoms with Crippen LogP contribution in [0.1, 0.15) is 41.8 Å². The van der Waals surface area contributed by atoms with Crippen LogP contribution in [0.4, 0.5) is 11.4 Å². The van der Waals surface area contributed by atoms with Gasteiger partial charge < -0.3 is 15.0 Å². The fourth-order valence-corrected chi connectivity index (χ4v) is 4.14. The van der Waals surface area contributed by atoms with E-state index in [1.807, 2.05) is 24.3 Å². The topological polar surface area (TPSA) is 102 Å². The molecular formula is C24H24N6O3. The van der Waals surface area contributed by atoms with Crippen molar-refractivity contribution in [2.75, 3.05) is 23.4 Å². The number of rotatable bonds is 0. The molecule has 2 aromatic heterocycles. The number of guanidine groups is 1. The number of nitrogens with one attached hydrogen (secondary N) is 1. The largest absolute Gasteiger partial charge is 0.477 e. The Morgan fingerprint density at radius 1 is 1.24 bits per heavy atom. The van der Waals surface area contributed by atoms with E-state index in [2.05, 4.69) is 32.2 Å². The van der Waals surface area contributed by atoms with Gasteiger partial charge in [-0.3, -0.25) is 14.6 Å². The van der Waals surface area contributed by atoms with Crippen LogP contribution in [-0.2, 0) is 0 Å². The molecule has 1 N–H and O–H groups in total. The molecule has 1 atom stereocenters. The number of aliphatic imine (C=N–C) groups is 1. The van der Waals surface area contributed by atoms with Crippen molar-refractivity contribution in [3.8, 4) is 17.1 Å².